The van der Waals surface area contributed by atoms with E-state index in [1.807, 2.05) is 0 Å². The molecule has 1 saturated heterocycles. The number of hydrogen-bond acceptors (Lipinski definition) is 6. The van der Waals surface area contributed by atoms with Crippen molar-refractivity contribution in [2.24, 2.45) is 0 Å². The Kier molecular flexibility index (Phi) is 14.6. The number of rotatable bonds is 17. The zero-order valence-corrected chi connectivity index (χ0v) is 18.5. The molecule has 6 nitrogen and oxygen atoms in total. The molecule has 166 valence electrons. The zero-order chi connectivity index (χ0) is 20.6. The monoisotopic (exact) mass is 402 g/mol. The van der Waals surface area contributed by atoms with Crippen molar-refractivity contribution in [3.63, 3.8) is 0 Å². The minimum atomic E-state index is -0.734. The molecule has 0 aliphatic carbocycles. The van der Waals surface area contributed by atoms with Gasteiger partial charge in [0.25, 0.3) is 0 Å². The average molecular weight is 403 g/mol. The van der Waals surface area contributed by atoms with Gasteiger partial charge in [-0.2, -0.15) is 0 Å². The van der Waals surface area contributed by atoms with Crippen molar-refractivity contribution >= 4 is 5.97 Å². The van der Waals surface area contributed by atoms with E-state index in [9.17, 15) is 4.79 Å². The van der Waals surface area contributed by atoms with Crippen LogP contribution in [0.2, 0.25) is 0 Å². The van der Waals surface area contributed by atoms with E-state index in [0.717, 1.165) is 51.4 Å². The standard InChI is InChI=1S/C22H42O6/c1-5-9-13-24-17-18-19(25-14-10-6-2)20(26-15-11-7-3)21(22(23)28-18)27-16-12-8-4/h18-21H,5-17H2,1-4H3/t18-,19-,20-,21-/m1/s1. The first-order chi connectivity index (χ1) is 13.7. The molecule has 6 heteroatoms. The highest BCUT2D eigenvalue weighted by Gasteiger charge is 2.48. The number of cyclic esters (lactones) is 1. The number of unbranched alkanes of at least 4 members (excludes halogenated alkanes) is 4. The van der Waals surface area contributed by atoms with Crippen LogP contribution in [0.5, 0.6) is 0 Å². The summed E-state index contributed by atoms with van der Waals surface area (Å²) in [5, 5.41) is 0. The summed E-state index contributed by atoms with van der Waals surface area (Å²) < 4.78 is 29.6. The van der Waals surface area contributed by atoms with Gasteiger partial charge in [0.2, 0.25) is 0 Å². The molecule has 1 aliphatic rings. The maximum Gasteiger partial charge on any atom is 0.338 e. The third-order valence-corrected chi connectivity index (χ3v) is 4.82. The van der Waals surface area contributed by atoms with E-state index in [1.54, 1.807) is 0 Å². The average Bonchev–Trinajstić information content (AvgIpc) is 2.69. The fourth-order valence-corrected chi connectivity index (χ4v) is 3.01. The molecule has 0 amide bonds. The molecule has 0 aromatic carbocycles. The van der Waals surface area contributed by atoms with E-state index < -0.39 is 18.3 Å². The third-order valence-electron chi connectivity index (χ3n) is 4.82. The van der Waals surface area contributed by atoms with Crippen molar-refractivity contribution in [1.82, 2.24) is 0 Å². The topological polar surface area (TPSA) is 63.2 Å². The lowest BCUT2D eigenvalue weighted by Crippen LogP contribution is -2.60. The predicted octanol–water partition coefficient (Wildman–Crippen LogP) is 4.28. The number of hydrogen-bond donors (Lipinski definition) is 0. The SMILES string of the molecule is CCCCOC[C@H]1OC(=O)[C@H](OCCCC)[C@H](OCCCC)[C@@H]1OCCCC. The maximum absolute atomic E-state index is 12.7. The summed E-state index contributed by atoms with van der Waals surface area (Å²) in [5.74, 6) is -0.364. The highest BCUT2D eigenvalue weighted by Crippen LogP contribution is 2.26. The van der Waals surface area contributed by atoms with E-state index in [0.29, 0.717) is 33.0 Å². The molecule has 0 saturated carbocycles. The molecule has 0 unspecified atom stereocenters. The second-order valence-corrected chi connectivity index (χ2v) is 7.43. The Morgan fingerprint density at radius 1 is 0.714 bits per heavy atom. The highest BCUT2D eigenvalue weighted by atomic mass is 16.6. The summed E-state index contributed by atoms with van der Waals surface area (Å²) in [6, 6.07) is 0. The first-order valence-electron chi connectivity index (χ1n) is 11.3. The van der Waals surface area contributed by atoms with Gasteiger partial charge < -0.3 is 23.7 Å². The van der Waals surface area contributed by atoms with Crippen molar-refractivity contribution in [2.75, 3.05) is 33.0 Å². The van der Waals surface area contributed by atoms with E-state index in [1.165, 1.54) is 0 Å². The Hall–Kier alpha value is -0.690. The Labute approximate surface area is 171 Å². The molecule has 1 fully saturated rings. The normalized spacial score (nSPS) is 25.1. The summed E-state index contributed by atoms with van der Waals surface area (Å²) in [4.78, 5) is 12.7. The van der Waals surface area contributed by atoms with Gasteiger partial charge in [0.05, 0.1) is 6.61 Å². The van der Waals surface area contributed by atoms with Gasteiger partial charge in [0.1, 0.15) is 12.2 Å². The molecule has 0 aromatic rings. The van der Waals surface area contributed by atoms with Crippen LogP contribution in [0, 0.1) is 0 Å². The molecule has 0 radical (unpaired) electrons. The van der Waals surface area contributed by atoms with Crippen LogP contribution in [0.15, 0.2) is 0 Å². The number of ether oxygens (including phenoxy) is 5. The fourth-order valence-electron chi connectivity index (χ4n) is 3.01. The number of carbonyl (C=O) groups excluding carboxylic acids is 1. The van der Waals surface area contributed by atoms with Gasteiger partial charge >= 0.3 is 5.97 Å². The van der Waals surface area contributed by atoms with E-state index in [2.05, 4.69) is 27.7 Å². The second-order valence-electron chi connectivity index (χ2n) is 7.43. The van der Waals surface area contributed by atoms with Gasteiger partial charge in [-0.15, -0.1) is 0 Å². The molecule has 0 N–H and O–H groups in total. The van der Waals surface area contributed by atoms with Gasteiger partial charge in [-0.3, -0.25) is 0 Å². The molecule has 1 heterocycles. The lowest BCUT2D eigenvalue weighted by Gasteiger charge is -2.41. The molecule has 4 atom stereocenters. The molecule has 0 aromatic heterocycles. The molecule has 0 bridgehead atoms. The quantitative estimate of drug-likeness (QED) is 0.267. The minimum Gasteiger partial charge on any atom is -0.455 e. The lowest BCUT2D eigenvalue weighted by molar-refractivity contribution is -0.233. The van der Waals surface area contributed by atoms with Crippen LogP contribution >= 0.6 is 0 Å². The van der Waals surface area contributed by atoms with Crippen LogP contribution in [0.1, 0.15) is 79.1 Å². The molecule has 1 rings (SSSR count). The van der Waals surface area contributed by atoms with Crippen LogP contribution in [0.3, 0.4) is 0 Å². The summed E-state index contributed by atoms with van der Waals surface area (Å²) in [6.45, 7) is 11.2. The van der Waals surface area contributed by atoms with Crippen molar-refractivity contribution in [3.8, 4) is 0 Å². The van der Waals surface area contributed by atoms with E-state index in [4.69, 9.17) is 23.7 Å². The van der Waals surface area contributed by atoms with Gasteiger partial charge in [-0.05, 0) is 25.7 Å². The first kappa shape index (κ1) is 25.3. The minimum absolute atomic E-state index is 0.331. The largest absolute Gasteiger partial charge is 0.455 e. The lowest BCUT2D eigenvalue weighted by atomic mass is 9.98. The number of carbonyl (C=O) groups is 1. The van der Waals surface area contributed by atoms with Crippen molar-refractivity contribution in [2.45, 2.75) is 103 Å². The molecular formula is C22H42O6. The fraction of sp³-hybridized carbons (Fsp3) is 0.955. The summed E-state index contributed by atoms with van der Waals surface area (Å²) in [7, 11) is 0. The Bertz CT molecular complexity index is 389. The molecular weight excluding hydrogens is 360 g/mol. The van der Waals surface area contributed by atoms with Gasteiger partial charge in [0, 0.05) is 26.4 Å². The maximum atomic E-state index is 12.7. The summed E-state index contributed by atoms with van der Waals surface area (Å²) in [6.07, 6.45) is 5.91. The number of esters is 1. The van der Waals surface area contributed by atoms with Crippen LogP contribution in [-0.4, -0.2) is 63.4 Å². The Morgan fingerprint density at radius 2 is 1.21 bits per heavy atom. The summed E-state index contributed by atoms with van der Waals surface area (Å²) in [5.41, 5.74) is 0. The van der Waals surface area contributed by atoms with Gasteiger partial charge in [-0.25, -0.2) is 4.79 Å². The van der Waals surface area contributed by atoms with E-state index >= 15 is 0 Å². The van der Waals surface area contributed by atoms with Gasteiger partial charge in [0.15, 0.2) is 12.2 Å². The van der Waals surface area contributed by atoms with Crippen molar-refractivity contribution < 1.29 is 28.5 Å². The van der Waals surface area contributed by atoms with Crippen LogP contribution in [0.25, 0.3) is 0 Å². The summed E-state index contributed by atoms with van der Waals surface area (Å²) >= 11 is 0. The van der Waals surface area contributed by atoms with E-state index in [-0.39, 0.29) is 12.1 Å². The Morgan fingerprint density at radius 3 is 1.79 bits per heavy atom. The third kappa shape index (κ3) is 9.21. The Balaban J connectivity index is 2.86. The predicted molar refractivity (Wildman–Crippen MR) is 110 cm³/mol. The molecule has 0 spiro atoms. The first-order valence-corrected chi connectivity index (χ1v) is 11.3. The highest BCUT2D eigenvalue weighted by molar-refractivity contribution is 5.77. The molecule has 1 aliphatic heterocycles. The second kappa shape index (κ2) is 16.1. The van der Waals surface area contributed by atoms with Crippen molar-refractivity contribution in [1.29, 1.82) is 0 Å². The van der Waals surface area contributed by atoms with Crippen molar-refractivity contribution in [3.05, 3.63) is 0 Å². The smallest absolute Gasteiger partial charge is 0.338 e. The van der Waals surface area contributed by atoms with Crippen LogP contribution in [-0.2, 0) is 28.5 Å². The van der Waals surface area contributed by atoms with Crippen LogP contribution in [0.4, 0.5) is 0 Å². The van der Waals surface area contributed by atoms with Gasteiger partial charge in [-0.1, -0.05) is 53.4 Å². The zero-order valence-electron chi connectivity index (χ0n) is 18.5. The van der Waals surface area contributed by atoms with Crippen LogP contribution < -0.4 is 0 Å². The molecule has 28 heavy (non-hydrogen) atoms.